The van der Waals surface area contributed by atoms with Crippen LogP contribution < -0.4 is 10.6 Å². The smallest absolute Gasteiger partial charge is 0.225 e. The van der Waals surface area contributed by atoms with Gasteiger partial charge in [-0.05, 0) is 26.0 Å². The standard InChI is InChI=1S/C13H17N5/c1-3-14-12-9-11(10-7-5-6-8-16-10)17-13(18-12)15-4-2/h5-9H,3-4H2,1-2H3,(H2,14,15,17,18). The Kier molecular flexibility index (Phi) is 4.06. The van der Waals surface area contributed by atoms with Gasteiger partial charge >= 0.3 is 0 Å². The molecule has 0 bridgehead atoms. The molecule has 18 heavy (non-hydrogen) atoms. The van der Waals surface area contributed by atoms with Crippen molar-refractivity contribution in [1.82, 2.24) is 15.0 Å². The molecule has 0 unspecified atom stereocenters. The Labute approximate surface area is 107 Å². The van der Waals surface area contributed by atoms with Crippen LogP contribution >= 0.6 is 0 Å². The lowest BCUT2D eigenvalue weighted by Crippen LogP contribution is -2.07. The molecule has 0 spiro atoms. The van der Waals surface area contributed by atoms with Crippen molar-refractivity contribution >= 4 is 11.8 Å². The van der Waals surface area contributed by atoms with E-state index in [-0.39, 0.29) is 0 Å². The first kappa shape index (κ1) is 12.3. The summed E-state index contributed by atoms with van der Waals surface area (Å²) in [6, 6.07) is 7.69. The van der Waals surface area contributed by atoms with Gasteiger partial charge in [0.05, 0.1) is 11.4 Å². The highest BCUT2D eigenvalue weighted by molar-refractivity contribution is 5.60. The molecule has 0 radical (unpaired) electrons. The van der Waals surface area contributed by atoms with Gasteiger partial charge in [-0.1, -0.05) is 6.07 Å². The summed E-state index contributed by atoms with van der Waals surface area (Å²) in [6.45, 7) is 5.67. The van der Waals surface area contributed by atoms with Crippen molar-refractivity contribution in [2.24, 2.45) is 0 Å². The Morgan fingerprint density at radius 1 is 1.00 bits per heavy atom. The summed E-state index contributed by atoms with van der Waals surface area (Å²) >= 11 is 0. The third kappa shape index (κ3) is 2.94. The maximum Gasteiger partial charge on any atom is 0.225 e. The maximum atomic E-state index is 4.45. The minimum Gasteiger partial charge on any atom is -0.370 e. The maximum absolute atomic E-state index is 4.45. The average Bonchev–Trinajstić information content (AvgIpc) is 2.40. The van der Waals surface area contributed by atoms with Crippen molar-refractivity contribution in [2.75, 3.05) is 23.7 Å². The van der Waals surface area contributed by atoms with E-state index in [4.69, 9.17) is 0 Å². The minimum absolute atomic E-state index is 0.622. The quantitative estimate of drug-likeness (QED) is 0.844. The Bertz CT molecular complexity index is 474. The van der Waals surface area contributed by atoms with Crippen LogP contribution in [-0.2, 0) is 0 Å². The van der Waals surface area contributed by atoms with Crippen LogP contribution in [0.4, 0.5) is 11.8 Å². The highest BCUT2D eigenvalue weighted by Crippen LogP contribution is 2.19. The second-order valence-electron chi connectivity index (χ2n) is 3.74. The van der Waals surface area contributed by atoms with Gasteiger partial charge in [0, 0.05) is 25.4 Å². The molecule has 0 saturated carbocycles. The van der Waals surface area contributed by atoms with Crippen LogP contribution in [0.25, 0.3) is 11.4 Å². The van der Waals surface area contributed by atoms with Crippen molar-refractivity contribution in [3.05, 3.63) is 30.5 Å². The molecule has 2 aromatic rings. The first-order valence-electron chi connectivity index (χ1n) is 6.11. The van der Waals surface area contributed by atoms with Gasteiger partial charge in [-0.2, -0.15) is 4.98 Å². The summed E-state index contributed by atoms with van der Waals surface area (Å²) in [5.74, 6) is 1.43. The molecular formula is C13H17N5. The van der Waals surface area contributed by atoms with Crippen molar-refractivity contribution in [3.63, 3.8) is 0 Å². The number of rotatable bonds is 5. The number of hydrogen-bond donors (Lipinski definition) is 2. The predicted octanol–water partition coefficient (Wildman–Crippen LogP) is 2.40. The van der Waals surface area contributed by atoms with Crippen LogP contribution in [0.2, 0.25) is 0 Å². The zero-order valence-electron chi connectivity index (χ0n) is 10.6. The van der Waals surface area contributed by atoms with Gasteiger partial charge < -0.3 is 10.6 Å². The number of nitrogens with zero attached hydrogens (tertiary/aromatic N) is 3. The summed E-state index contributed by atoms with van der Waals surface area (Å²) in [5, 5.41) is 6.32. The van der Waals surface area contributed by atoms with E-state index in [0.717, 1.165) is 30.3 Å². The molecule has 0 atom stereocenters. The Hall–Kier alpha value is -2.17. The topological polar surface area (TPSA) is 62.7 Å². The average molecular weight is 243 g/mol. The molecule has 0 aliphatic heterocycles. The van der Waals surface area contributed by atoms with Crippen LogP contribution in [0.1, 0.15) is 13.8 Å². The molecule has 2 aromatic heterocycles. The van der Waals surface area contributed by atoms with E-state index >= 15 is 0 Å². The molecule has 0 amide bonds. The van der Waals surface area contributed by atoms with Crippen LogP contribution in [0.3, 0.4) is 0 Å². The van der Waals surface area contributed by atoms with E-state index in [1.807, 2.05) is 38.1 Å². The van der Waals surface area contributed by atoms with Gasteiger partial charge in [-0.3, -0.25) is 4.98 Å². The first-order chi connectivity index (χ1) is 8.83. The molecule has 94 valence electrons. The lowest BCUT2D eigenvalue weighted by Gasteiger charge is -2.09. The fourth-order valence-electron chi connectivity index (χ4n) is 1.60. The molecule has 2 rings (SSSR count). The SMILES string of the molecule is CCNc1cc(-c2ccccn2)nc(NCC)n1. The van der Waals surface area contributed by atoms with Gasteiger partial charge in [-0.15, -0.1) is 0 Å². The molecule has 0 aliphatic rings. The fourth-order valence-corrected chi connectivity index (χ4v) is 1.60. The zero-order chi connectivity index (χ0) is 12.8. The van der Waals surface area contributed by atoms with E-state index < -0.39 is 0 Å². The van der Waals surface area contributed by atoms with Gasteiger partial charge in [0.25, 0.3) is 0 Å². The van der Waals surface area contributed by atoms with Crippen molar-refractivity contribution < 1.29 is 0 Å². The van der Waals surface area contributed by atoms with Crippen molar-refractivity contribution in [2.45, 2.75) is 13.8 Å². The molecule has 0 aliphatic carbocycles. The van der Waals surface area contributed by atoms with E-state index in [2.05, 4.69) is 25.6 Å². The number of aromatic nitrogens is 3. The van der Waals surface area contributed by atoms with Crippen molar-refractivity contribution in [1.29, 1.82) is 0 Å². The highest BCUT2D eigenvalue weighted by Gasteiger charge is 2.06. The molecule has 0 saturated heterocycles. The van der Waals surface area contributed by atoms with Gasteiger partial charge in [0.2, 0.25) is 5.95 Å². The van der Waals surface area contributed by atoms with Gasteiger partial charge in [0.15, 0.2) is 0 Å². The van der Waals surface area contributed by atoms with E-state index in [1.165, 1.54) is 0 Å². The summed E-state index contributed by atoms with van der Waals surface area (Å²) in [6.07, 6.45) is 1.76. The summed E-state index contributed by atoms with van der Waals surface area (Å²) < 4.78 is 0. The summed E-state index contributed by atoms with van der Waals surface area (Å²) in [5.41, 5.74) is 1.66. The molecule has 0 aromatic carbocycles. The van der Waals surface area contributed by atoms with Crippen molar-refractivity contribution in [3.8, 4) is 11.4 Å². The number of nitrogens with one attached hydrogen (secondary N) is 2. The third-order valence-corrected chi connectivity index (χ3v) is 2.35. The van der Waals surface area contributed by atoms with E-state index in [1.54, 1.807) is 6.20 Å². The predicted molar refractivity (Wildman–Crippen MR) is 73.6 cm³/mol. The largest absolute Gasteiger partial charge is 0.370 e. The monoisotopic (exact) mass is 243 g/mol. The second-order valence-corrected chi connectivity index (χ2v) is 3.74. The summed E-state index contributed by atoms with van der Waals surface area (Å²) in [4.78, 5) is 13.1. The molecule has 2 heterocycles. The molecule has 5 heteroatoms. The van der Waals surface area contributed by atoms with Crippen LogP contribution in [-0.4, -0.2) is 28.0 Å². The minimum atomic E-state index is 0.622. The van der Waals surface area contributed by atoms with E-state index in [9.17, 15) is 0 Å². The van der Waals surface area contributed by atoms with E-state index in [0.29, 0.717) is 5.95 Å². The zero-order valence-corrected chi connectivity index (χ0v) is 10.6. The van der Waals surface area contributed by atoms with Gasteiger partial charge in [-0.25, -0.2) is 4.98 Å². The number of pyridine rings is 1. The number of anilines is 2. The molecule has 2 N–H and O–H groups in total. The highest BCUT2D eigenvalue weighted by atomic mass is 15.1. The lowest BCUT2D eigenvalue weighted by molar-refractivity contribution is 1.06. The third-order valence-electron chi connectivity index (χ3n) is 2.35. The van der Waals surface area contributed by atoms with Crippen LogP contribution in [0.15, 0.2) is 30.5 Å². The lowest BCUT2D eigenvalue weighted by atomic mass is 10.2. The molecular weight excluding hydrogens is 226 g/mol. The fraction of sp³-hybridized carbons (Fsp3) is 0.308. The molecule has 0 fully saturated rings. The van der Waals surface area contributed by atoms with Crippen LogP contribution in [0.5, 0.6) is 0 Å². The Morgan fingerprint density at radius 3 is 2.50 bits per heavy atom. The first-order valence-corrected chi connectivity index (χ1v) is 6.11. The molecule has 5 nitrogen and oxygen atoms in total. The Balaban J connectivity index is 2.39. The Morgan fingerprint density at radius 2 is 1.83 bits per heavy atom. The van der Waals surface area contributed by atoms with Gasteiger partial charge in [0.1, 0.15) is 5.82 Å². The summed E-state index contributed by atoms with van der Waals surface area (Å²) in [7, 11) is 0. The van der Waals surface area contributed by atoms with Crippen LogP contribution in [0, 0.1) is 0 Å². The second kappa shape index (κ2) is 5.95. The normalized spacial score (nSPS) is 10.1. The number of hydrogen-bond acceptors (Lipinski definition) is 5.